The van der Waals surface area contributed by atoms with Gasteiger partial charge >= 0.3 is 0 Å². The molecule has 2 rings (SSSR count). The number of anilines is 2. The first-order valence-corrected chi connectivity index (χ1v) is 5.41. The number of likely N-dealkylation sites (N-methyl/N-ethyl adjacent to an activating group) is 1. The van der Waals surface area contributed by atoms with Gasteiger partial charge in [0.15, 0.2) is 5.82 Å². The number of rotatable bonds is 2. The van der Waals surface area contributed by atoms with Crippen LogP contribution in [0.15, 0.2) is 11.1 Å². The molecule has 0 spiro atoms. The highest BCUT2D eigenvalue weighted by molar-refractivity contribution is 6.01. The molecule has 1 atom stereocenters. The molecule has 1 saturated heterocycles. The molecule has 4 N–H and O–H groups in total. The van der Waals surface area contributed by atoms with Crippen molar-refractivity contribution in [2.24, 2.45) is 0 Å². The molecule has 8 nitrogen and oxygen atoms in total. The van der Waals surface area contributed by atoms with E-state index in [1.165, 1.54) is 13.4 Å². The Bertz CT molecular complexity index is 553. The van der Waals surface area contributed by atoms with Gasteiger partial charge in [0, 0.05) is 13.5 Å². The minimum atomic E-state index is -0.593. The second-order valence-electron chi connectivity index (χ2n) is 4.02. The van der Waals surface area contributed by atoms with Crippen molar-refractivity contribution < 1.29 is 9.59 Å². The van der Waals surface area contributed by atoms with Crippen LogP contribution in [0.4, 0.5) is 11.5 Å². The molecular weight excluding hydrogens is 238 g/mol. The summed E-state index contributed by atoms with van der Waals surface area (Å²) in [6.07, 6.45) is 1.82. The number of hydrogen-bond donors (Lipinski definition) is 3. The molecule has 0 bridgehead atoms. The SMILES string of the molecule is CN1C(=O)CCC(Nc2nc[nH]c(=O)c2N)C1=O. The first kappa shape index (κ1) is 12.1. The van der Waals surface area contributed by atoms with Crippen LogP contribution in [0.5, 0.6) is 0 Å². The molecule has 2 heterocycles. The van der Waals surface area contributed by atoms with Crippen LogP contribution in [0.1, 0.15) is 12.8 Å². The standard InChI is InChI=1S/C10H13N5O3/c1-15-6(16)3-2-5(10(15)18)14-8-7(11)9(17)13-4-12-8/h4-5H,2-3,11H2,1H3,(H2,12,13,14,17). The number of hydrogen-bond acceptors (Lipinski definition) is 6. The first-order valence-electron chi connectivity index (χ1n) is 5.41. The summed E-state index contributed by atoms with van der Waals surface area (Å²) in [5.41, 5.74) is 5.00. The van der Waals surface area contributed by atoms with Crippen molar-refractivity contribution in [3.8, 4) is 0 Å². The Morgan fingerprint density at radius 3 is 2.94 bits per heavy atom. The highest BCUT2D eigenvalue weighted by Gasteiger charge is 2.32. The third-order valence-corrected chi connectivity index (χ3v) is 2.85. The Kier molecular flexibility index (Phi) is 3.00. The fourth-order valence-electron chi connectivity index (χ4n) is 1.74. The highest BCUT2D eigenvalue weighted by atomic mass is 16.2. The minimum Gasteiger partial charge on any atom is -0.391 e. The summed E-state index contributed by atoms with van der Waals surface area (Å²) in [7, 11) is 1.42. The van der Waals surface area contributed by atoms with Gasteiger partial charge in [-0.15, -0.1) is 0 Å². The Morgan fingerprint density at radius 2 is 2.22 bits per heavy atom. The lowest BCUT2D eigenvalue weighted by Crippen LogP contribution is -2.48. The van der Waals surface area contributed by atoms with E-state index in [0.29, 0.717) is 6.42 Å². The number of aromatic nitrogens is 2. The summed E-state index contributed by atoms with van der Waals surface area (Å²) in [4.78, 5) is 41.6. The van der Waals surface area contributed by atoms with Crippen molar-refractivity contribution in [2.45, 2.75) is 18.9 Å². The fraction of sp³-hybridized carbons (Fsp3) is 0.400. The lowest BCUT2D eigenvalue weighted by Gasteiger charge is -2.28. The number of nitrogens with two attached hydrogens (primary N) is 1. The third kappa shape index (κ3) is 2.04. The first-order chi connectivity index (χ1) is 8.50. The second-order valence-corrected chi connectivity index (χ2v) is 4.02. The summed E-state index contributed by atoms with van der Waals surface area (Å²) in [6.45, 7) is 0. The van der Waals surface area contributed by atoms with E-state index in [9.17, 15) is 14.4 Å². The zero-order valence-corrected chi connectivity index (χ0v) is 9.77. The van der Waals surface area contributed by atoms with E-state index in [4.69, 9.17) is 5.73 Å². The van der Waals surface area contributed by atoms with E-state index in [2.05, 4.69) is 15.3 Å². The lowest BCUT2D eigenvalue weighted by molar-refractivity contribution is -0.146. The maximum Gasteiger partial charge on any atom is 0.276 e. The van der Waals surface area contributed by atoms with Gasteiger partial charge in [-0.2, -0.15) is 0 Å². The molecule has 18 heavy (non-hydrogen) atoms. The van der Waals surface area contributed by atoms with Gasteiger partial charge in [-0.05, 0) is 6.42 Å². The summed E-state index contributed by atoms with van der Waals surface area (Å²) in [6, 6.07) is -0.593. The molecule has 1 aromatic heterocycles. The quantitative estimate of drug-likeness (QED) is 0.574. The van der Waals surface area contributed by atoms with Crippen LogP contribution in [-0.4, -0.2) is 39.8 Å². The molecule has 96 valence electrons. The molecule has 1 fully saturated rings. The number of nitrogen functional groups attached to an aromatic ring is 1. The van der Waals surface area contributed by atoms with Gasteiger partial charge in [-0.3, -0.25) is 19.3 Å². The number of aromatic amines is 1. The van der Waals surface area contributed by atoms with E-state index in [1.807, 2.05) is 0 Å². The summed E-state index contributed by atoms with van der Waals surface area (Å²) in [5, 5.41) is 2.79. The molecule has 1 aliphatic heterocycles. The smallest absolute Gasteiger partial charge is 0.276 e. The predicted octanol–water partition coefficient (Wildman–Crippen LogP) is -1.09. The molecule has 8 heteroatoms. The number of carbonyl (C=O) groups excluding carboxylic acids is 2. The zero-order valence-electron chi connectivity index (χ0n) is 9.77. The largest absolute Gasteiger partial charge is 0.391 e. The van der Waals surface area contributed by atoms with Crippen LogP contribution in [0.25, 0.3) is 0 Å². The van der Waals surface area contributed by atoms with Gasteiger partial charge in [-0.25, -0.2) is 4.98 Å². The lowest BCUT2D eigenvalue weighted by atomic mass is 10.0. The van der Waals surface area contributed by atoms with E-state index >= 15 is 0 Å². The molecule has 1 aliphatic rings. The highest BCUT2D eigenvalue weighted by Crippen LogP contribution is 2.17. The summed E-state index contributed by atoms with van der Waals surface area (Å²) < 4.78 is 0. The van der Waals surface area contributed by atoms with Crippen molar-refractivity contribution in [1.82, 2.24) is 14.9 Å². The van der Waals surface area contributed by atoms with Crippen LogP contribution in [0, 0.1) is 0 Å². The van der Waals surface area contributed by atoms with Crippen LogP contribution in [0.2, 0.25) is 0 Å². The number of nitrogens with one attached hydrogen (secondary N) is 2. The number of H-pyrrole nitrogens is 1. The summed E-state index contributed by atoms with van der Waals surface area (Å²) in [5.74, 6) is -0.419. The number of nitrogens with zero attached hydrogens (tertiary/aromatic N) is 2. The number of amides is 2. The molecule has 1 aromatic rings. The molecule has 0 saturated carbocycles. The van der Waals surface area contributed by atoms with Crippen molar-refractivity contribution in [1.29, 1.82) is 0 Å². The molecule has 1 unspecified atom stereocenters. The van der Waals surface area contributed by atoms with Crippen LogP contribution in [-0.2, 0) is 9.59 Å². The Morgan fingerprint density at radius 1 is 1.50 bits per heavy atom. The van der Waals surface area contributed by atoms with E-state index in [-0.39, 0.29) is 29.7 Å². The average molecular weight is 251 g/mol. The molecule has 2 amide bonds. The Labute approximate surface area is 102 Å². The third-order valence-electron chi connectivity index (χ3n) is 2.85. The normalized spacial score (nSPS) is 20.1. The van der Waals surface area contributed by atoms with Crippen LogP contribution < -0.4 is 16.6 Å². The number of piperidine rings is 1. The molecular formula is C10H13N5O3. The van der Waals surface area contributed by atoms with E-state index in [1.54, 1.807) is 0 Å². The van der Waals surface area contributed by atoms with Gasteiger partial charge < -0.3 is 16.0 Å². The average Bonchev–Trinajstić information content (AvgIpc) is 2.35. The number of imide groups is 1. The second kappa shape index (κ2) is 4.47. The molecule has 0 aliphatic carbocycles. The zero-order chi connectivity index (χ0) is 13.3. The number of carbonyl (C=O) groups is 2. The van der Waals surface area contributed by atoms with Gasteiger partial charge in [0.2, 0.25) is 5.91 Å². The van der Waals surface area contributed by atoms with Crippen molar-refractivity contribution >= 4 is 23.3 Å². The Balaban J connectivity index is 2.19. The van der Waals surface area contributed by atoms with E-state index in [0.717, 1.165) is 4.90 Å². The summed E-state index contributed by atoms with van der Waals surface area (Å²) >= 11 is 0. The minimum absolute atomic E-state index is 0.0788. The monoisotopic (exact) mass is 251 g/mol. The number of likely N-dealkylation sites (tertiary alicyclic amines) is 1. The molecule has 0 radical (unpaired) electrons. The van der Waals surface area contributed by atoms with Crippen molar-refractivity contribution in [3.05, 3.63) is 16.7 Å². The van der Waals surface area contributed by atoms with Gasteiger partial charge in [0.1, 0.15) is 11.7 Å². The van der Waals surface area contributed by atoms with Crippen LogP contribution in [0.3, 0.4) is 0 Å². The maximum atomic E-state index is 11.8. The Hall–Kier alpha value is -2.38. The van der Waals surface area contributed by atoms with Gasteiger partial charge in [0.25, 0.3) is 11.5 Å². The molecule has 0 aromatic carbocycles. The maximum absolute atomic E-state index is 11.8. The van der Waals surface area contributed by atoms with Gasteiger partial charge in [-0.1, -0.05) is 0 Å². The van der Waals surface area contributed by atoms with E-state index < -0.39 is 11.6 Å². The van der Waals surface area contributed by atoms with Crippen molar-refractivity contribution in [2.75, 3.05) is 18.1 Å². The predicted molar refractivity (Wildman–Crippen MR) is 63.7 cm³/mol. The van der Waals surface area contributed by atoms with Crippen LogP contribution >= 0.6 is 0 Å². The topological polar surface area (TPSA) is 121 Å². The fourth-order valence-corrected chi connectivity index (χ4v) is 1.74. The van der Waals surface area contributed by atoms with Gasteiger partial charge in [0.05, 0.1) is 6.33 Å². The van der Waals surface area contributed by atoms with Crippen molar-refractivity contribution in [3.63, 3.8) is 0 Å².